The summed E-state index contributed by atoms with van der Waals surface area (Å²) in [5.74, 6) is -0.304. The second-order valence-electron chi connectivity index (χ2n) is 10.5. The van der Waals surface area contributed by atoms with Crippen LogP contribution in [-0.2, 0) is 6.54 Å². The Morgan fingerprint density at radius 2 is 1.92 bits per heavy atom. The lowest BCUT2D eigenvalue weighted by atomic mass is 9.74. The van der Waals surface area contributed by atoms with Crippen LogP contribution in [0.15, 0.2) is 36.7 Å². The number of hydrogen-bond donors (Lipinski definition) is 3. The Balaban J connectivity index is 1.19. The zero-order valence-corrected chi connectivity index (χ0v) is 20.6. The zero-order chi connectivity index (χ0) is 25.0. The molecule has 1 aromatic carbocycles. The van der Waals surface area contributed by atoms with Crippen LogP contribution in [0.2, 0.25) is 0 Å². The molecule has 0 saturated carbocycles. The molecule has 0 aliphatic carbocycles. The largest absolute Gasteiger partial charge is 0.361 e. The highest BCUT2D eigenvalue weighted by atomic mass is 19.1. The molecule has 1 spiro atoms. The van der Waals surface area contributed by atoms with E-state index in [0.29, 0.717) is 28.2 Å². The summed E-state index contributed by atoms with van der Waals surface area (Å²) in [6.07, 6.45) is 2.87. The summed E-state index contributed by atoms with van der Waals surface area (Å²) in [5.41, 5.74) is 3.14. The van der Waals surface area contributed by atoms with Gasteiger partial charge in [0, 0.05) is 55.9 Å². The Labute approximate surface area is 209 Å². The second kappa shape index (κ2) is 8.63. The van der Waals surface area contributed by atoms with Crippen molar-refractivity contribution in [2.24, 2.45) is 5.41 Å². The van der Waals surface area contributed by atoms with Crippen LogP contribution in [0.4, 0.5) is 31.9 Å². The monoisotopic (exact) mass is 492 g/mol. The zero-order valence-electron chi connectivity index (χ0n) is 20.6. The van der Waals surface area contributed by atoms with Gasteiger partial charge in [-0.15, -0.1) is 0 Å². The van der Waals surface area contributed by atoms with Crippen molar-refractivity contribution in [2.45, 2.75) is 39.5 Å². The van der Waals surface area contributed by atoms with Gasteiger partial charge in [-0.1, -0.05) is 6.07 Å². The van der Waals surface area contributed by atoms with Gasteiger partial charge < -0.3 is 20.9 Å². The first-order valence-corrected chi connectivity index (χ1v) is 12.4. The number of hydrogen-bond acceptors (Lipinski definition) is 8. The minimum Gasteiger partial charge on any atom is -0.361 e. The molecule has 2 fully saturated rings. The minimum absolute atomic E-state index is 0.0336. The molecule has 3 aromatic rings. The highest BCUT2D eigenvalue weighted by molar-refractivity contribution is 5.82. The molecular weight excluding hydrogens is 462 g/mol. The predicted molar refractivity (Wildman–Crippen MR) is 136 cm³/mol. The molecule has 0 amide bonds. The SMILES string of the molecule is CC(C)N1c2cc(-c3nc(Nc4ccc(CN5CC6(CNC6)C5)cn4)ncc3F)cc(F)c2NC1C. The van der Waals surface area contributed by atoms with Crippen LogP contribution in [0.1, 0.15) is 26.3 Å². The maximum atomic E-state index is 15.0. The number of likely N-dealkylation sites (tertiary alicyclic amines) is 1. The smallest absolute Gasteiger partial charge is 0.229 e. The summed E-state index contributed by atoms with van der Waals surface area (Å²) in [4.78, 5) is 17.4. The van der Waals surface area contributed by atoms with Crippen molar-refractivity contribution in [1.82, 2.24) is 25.2 Å². The number of anilines is 4. The third-order valence-electron chi connectivity index (χ3n) is 7.28. The average Bonchev–Trinajstić information content (AvgIpc) is 3.13. The van der Waals surface area contributed by atoms with Gasteiger partial charge in [-0.3, -0.25) is 4.90 Å². The summed E-state index contributed by atoms with van der Waals surface area (Å²) in [6, 6.07) is 7.11. The molecule has 2 saturated heterocycles. The van der Waals surface area contributed by atoms with E-state index in [0.717, 1.165) is 44.5 Å². The van der Waals surface area contributed by atoms with Gasteiger partial charge in [-0.2, -0.15) is 0 Å². The first-order valence-electron chi connectivity index (χ1n) is 12.4. The maximum absolute atomic E-state index is 15.0. The summed E-state index contributed by atoms with van der Waals surface area (Å²) < 4.78 is 29.7. The topological polar surface area (TPSA) is 81.2 Å². The standard InChI is InChI=1S/C26H30F2N8/c1-15(2)36-16(3)32-24-19(27)6-18(7-21(24)36)23-20(28)9-31-25(34-23)33-22-5-4-17(8-30-22)10-35-13-26(14-35)11-29-12-26/h4-9,15-16,29,32H,10-14H2,1-3H3,(H,30,31,33,34). The lowest BCUT2D eigenvalue weighted by Gasteiger charge is -2.56. The van der Waals surface area contributed by atoms with Crippen molar-refractivity contribution in [3.8, 4) is 11.3 Å². The van der Waals surface area contributed by atoms with Crippen LogP contribution in [0, 0.1) is 17.0 Å². The molecule has 1 unspecified atom stereocenters. The molecule has 8 nitrogen and oxygen atoms in total. The third-order valence-corrected chi connectivity index (χ3v) is 7.28. The quantitative estimate of drug-likeness (QED) is 0.477. The van der Waals surface area contributed by atoms with E-state index >= 15 is 0 Å². The van der Waals surface area contributed by atoms with E-state index in [-0.39, 0.29) is 23.8 Å². The maximum Gasteiger partial charge on any atom is 0.229 e. The van der Waals surface area contributed by atoms with Gasteiger partial charge in [-0.25, -0.2) is 23.7 Å². The summed E-state index contributed by atoms with van der Waals surface area (Å²) in [5, 5.41) is 9.56. The van der Waals surface area contributed by atoms with Gasteiger partial charge in [0.1, 0.15) is 17.3 Å². The van der Waals surface area contributed by atoms with Crippen LogP contribution in [0.25, 0.3) is 11.3 Å². The number of aromatic nitrogens is 3. The highest BCUT2D eigenvalue weighted by Crippen LogP contribution is 2.41. The van der Waals surface area contributed by atoms with Gasteiger partial charge in [0.15, 0.2) is 5.82 Å². The van der Waals surface area contributed by atoms with Gasteiger partial charge in [0.2, 0.25) is 5.95 Å². The number of nitrogens with one attached hydrogen (secondary N) is 3. The van der Waals surface area contributed by atoms with Gasteiger partial charge in [0.25, 0.3) is 0 Å². The Kier molecular flexibility index (Phi) is 5.53. The van der Waals surface area contributed by atoms with Crippen LogP contribution in [-0.4, -0.2) is 58.2 Å². The van der Waals surface area contributed by atoms with Gasteiger partial charge >= 0.3 is 0 Å². The second-order valence-corrected chi connectivity index (χ2v) is 10.5. The Morgan fingerprint density at radius 3 is 2.58 bits per heavy atom. The molecular formula is C26H30F2N8. The van der Waals surface area contributed by atoms with E-state index < -0.39 is 11.6 Å². The van der Waals surface area contributed by atoms with Crippen LogP contribution >= 0.6 is 0 Å². The van der Waals surface area contributed by atoms with Crippen molar-refractivity contribution in [2.75, 3.05) is 41.7 Å². The fourth-order valence-corrected chi connectivity index (χ4v) is 5.60. The van der Waals surface area contributed by atoms with Crippen molar-refractivity contribution >= 4 is 23.1 Å². The number of nitrogens with zero attached hydrogens (tertiary/aromatic N) is 5. The van der Waals surface area contributed by atoms with Crippen LogP contribution < -0.4 is 20.9 Å². The molecule has 3 N–H and O–H groups in total. The Morgan fingerprint density at radius 1 is 1.11 bits per heavy atom. The molecule has 2 aromatic heterocycles. The molecule has 10 heteroatoms. The van der Waals surface area contributed by atoms with Crippen molar-refractivity contribution < 1.29 is 8.78 Å². The molecule has 36 heavy (non-hydrogen) atoms. The number of rotatable bonds is 6. The summed E-state index contributed by atoms with van der Waals surface area (Å²) in [6.45, 7) is 11.4. The minimum atomic E-state index is -0.618. The number of halogens is 2. The average molecular weight is 493 g/mol. The molecule has 0 radical (unpaired) electrons. The Hall–Kier alpha value is -3.37. The van der Waals surface area contributed by atoms with E-state index in [1.807, 2.05) is 39.1 Å². The van der Waals surface area contributed by atoms with E-state index in [1.165, 1.54) is 6.07 Å². The fraction of sp³-hybridized carbons (Fsp3) is 0.423. The molecule has 6 rings (SSSR count). The Bertz CT molecular complexity index is 1280. The molecule has 3 aliphatic rings. The summed E-state index contributed by atoms with van der Waals surface area (Å²) in [7, 11) is 0. The molecule has 0 bridgehead atoms. The lowest BCUT2D eigenvalue weighted by molar-refractivity contribution is -0.0444. The van der Waals surface area contributed by atoms with Crippen molar-refractivity contribution in [3.63, 3.8) is 0 Å². The van der Waals surface area contributed by atoms with E-state index in [9.17, 15) is 8.78 Å². The molecule has 188 valence electrons. The number of fused-ring (bicyclic) bond motifs is 1. The first kappa shape index (κ1) is 23.1. The number of benzene rings is 1. The number of pyridine rings is 1. The van der Waals surface area contributed by atoms with Crippen LogP contribution in [0.5, 0.6) is 0 Å². The van der Waals surface area contributed by atoms with E-state index in [2.05, 4.69) is 40.7 Å². The molecule has 1 atom stereocenters. The first-order chi connectivity index (χ1) is 17.3. The predicted octanol–water partition coefficient (Wildman–Crippen LogP) is 3.95. The van der Waals surface area contributed by atoms with Gasteiger partial charge in [-0.05, 0) is 44.5 Å². The van der Waals surface area contributed by atoms with Gasteiger partial charge in [0.05, 0.1) is 23.7 Å². The van der Waals surface area contributed by atoms with E-state index in [4.69, 9.17) is 0 Å². The highest BCUT2D eigenvalue weighted by Gasteiger charge is 2.47. The summed E-state index contributed by atoms with van der Waals surface area (Å²) >= 11 is 0. The normalized spacial score (nSPS) is 20.2. The van der Waals surface area contributed by atoms with E-state index in [1.54, 1.807) is 6.07 Å². The fourth-order valence-electron chi connectivity index (χ4n) is 5.60. The van der Waals surface area contributed by atoms with Crippen molar-refractivity contribution in [3.05, 3.63) is 53.9 Å². The molecule has 3 aliphatic heterocycles. The third kappa shape index (κ3) is 4.04. The molecule has 5 heterocycles. The van der Waals surface area contributed by atoms with Crippen molar-refractivity contribution in [1.29, 1.82) is 0 Å². The van der Waals surface area contributed by atoms with Crippen LogP contribution in [0.3, 0.4) is 0 Å². The lowest BCUT2D eigenvalue weighted by Crippen LogP contribution is -2.70.